The number of allylic oxidation sites excluding steroid dienone is 1. The number of hydrogen-bond acceptors (Lipinski definition) is 7. The molecule has 3 aliphatic rings. The standard InChI is InChI=1S/C28H32FN5O2S/c1-16-15-37-26-24(16)31-22(32-28(26)33-25-19-6-5-18(14-19)23(25)27(30)35)13-17-4-7-21(20(29)12-17)36-11-10-34-8-2-3-9-34/h4-7,12,15,18-19,23,25H,2-3,8-11,13-14H2,1H3,(H2,30,35)(H,31,32,33). The number of hydrogen-bond donors (Lipinski definition) is 2. The predicted molar refractivity (Wildman–Crippen MR) is 143 cm³/mol. The average Bonchev–Trinajstić information content (AvgIpc) is 3.67. The Hall–Kier alpha value is -3.04. The number of likely N-dealkylation sites (tertiary alicyclic amines) is 1. The van der Waals surface area contributed by atoms with Gasteiger partial charge in [-0.2, -0.15) is 0 Å². The Balaban J connectivity index is 1.21. The zero-order valence-corrected chi connectivity index (χ0v) is 21.8. The molecule has 2 aliphatic carbocycles. The molecule has 1 saturated heterocycles. The average molecular weight is 522 g/mol. The number of halogens is 1. The number of ether oxygens (including phenoxy) is 1. The van der Waals surface area contributed by atoms with Crippen LogP contribution in [0.2, 0.25) is 0 Å². The van der Waals surface area contributed by atoms with Crippen LogP contribution in [0.15, 0.2) is 35.7 Å². The largest absolute Gasteiger partial charge is 0.489 e. The highest BCUT2D eigenvalue weighted by molar-refractivity contribution is 7.18. The number of anilines is 1. The van der Waals surface area contributed by atoms with Gasteiger partial charge in [-0.1, -0.05) is 18.2 Å². The van der Waals surface area contributed by atoms with E-state index in [9.17, 15) is 9.18 Å². The summed E-state index contributed by atoms with van der Waals surface area (Å²) in [6.07, 6.45) is 8.07. The number of fused-ring (bicyclic) bond motifs is 3. The molecule has 2 fully saturated rings. The third-order valence-electron chi connectivity index (χ3n) is 7.95. The van der Waals surface area contributed by atoms with Crippen molar-refractivity contribution >= 4 is 33.3 Å². The summed E-state index contributed by atoms with van der Waals surface area (Å²) in [7, 11) is 0. The zero-order valence-electron chi connectivity index (χ0n) is 21.0. The van der Waals surface area contributed by atoms with E-state index in [0.717, 1.165) is 53.2 Å². The molecule has 2 aromatic heterocycles. The summed E-state index contributed by atoms with van der Waals surface area (Å²) in [5, 5.41) is 5.63. The summed E-state index contributed by atoms with van der Waals surface area (Å²) in [6.45, 7) is 5.52. The molecule has 3 aromatic rings. The minimum atomic E-state index is -0.372. The van der Waals surface area contributed by atoms with Crippen LogP contribution in [0.1, 0.15) is 36.2 Å². The third kappa shape index (κ3) is 4.82. The molecule has 1 saturated carbocycles. The second kappa shape index (κ2) is 10.0. The van der Waals surface area contributed by atoms with Crippen LogP contribution in [0, 0.1) is 30.5 Å². The molecule has 37 heavy (non-hydrogen) atoms. The fourth-order valence-electron chi connectivity index (χ4n) is 6.07. The second-order valence-corrected chi connectivity index (χ2v) is 11.3. The summed E-state index contributed by atoms with van der Waals surface area (Å²) in [6, 6.07) is 4.99. The van der Waals surface area contributed by atoms with Gasteiger partial charge in [0.25, 0.3) is 0 Å². The van der Waals surface area contributed by atoms with Gasteiger partial charge in [-0.05, 0) is 79.8 Å². The quantitative estimate of drug-likeness (QED) is 0.408. The summed E-state index contributed by atoms with van der Waals surface area (Å²) in [5.74, 6) is 1.13. The van der Waals surface area contributed by atoms with Crippen molar-refractivity contribution in [1.29, 1.82) is 0 Å². The number of carbonyl (C=O) groups excluding carboxylic acids is 1. The molecule has 3 N–H and O–H groups in total. The molecule has 0 spiro atoms. The highest BCUT2D eigenvalue weighted by atomic mass is 32.1. The molecule has 1 aromatic carbocycles. The van der Waals surface area contributed by atoms with Crippen molar-refractivity contribution < 1.29 is 13.9 Å². The van der Waals surface area contributed by atoms with Crippen molar-refractivity contribution in [3.63, 3.8) is 0 Å². The van der Waals surface area contributed by atoms with E-state index in [0.29, 0.717) is 18.9 Å². The lowest BCUT2D eigenvalue weighted by atomic mass is 9.88. The van der Waals surface area contributed by atoms with E-state index in [4.69, 9.17) is 20.4 Å². The first-order chi connectivity index (χ1) is 18.0. The van der Waals surface area contributed by atoms with Crippen LogP contribution >= 0.6 is 11.3 Å². The van der Waals surface area contributed by atoms with Crippen LogP contribution in [0.25, 0.3) is 10.2 Å². The van der Waals surface area contributed by atoms with Gasteiger partial charge >= 0.3 is 0 Å². The monoisotopic (exact) mass is 521 g/mol. The van der Waals surface area contributed by atoms with E-state index >= 15 is 0 Å². The molecular weight excluding hydrogens is 489 g/mol. The smallest absolute Gasteiger partial charge is 0.223 e. The molecular formula is C28H32FN5O2S. The van der Waals surface area contributed by atoms with Crippen molar-refractivity contribution in [3.8, 4) is 5.75 Å². The fraction of sp³-hybridized carbons (Fsp3) is 0.464. The fourth-order valence-corrected chi connectivity index (χ4v) is 7.01. The van der Waals surface area contributed by atoms with Crippen molar-refractivity contribution in [2.45, 2.75) is 38.6 Å². The Morgan fingerprint density at radius 2 is 2.05 bits per heavy atom. The Bertz CT molecular complexity index is 1350. The predicted octanol–water partition coefficient (Wildman–Crippen LogP) is 4.29. The van der Waals surface area contributed by atoms with Gasteiger partial charge in [0.15, 0.2) is 11.6 Å². The normalized spacial score (nSPS) is 24.8. The minimum absolute atomic E-state index is 0.0877. The van der Waals surface area contributed by atoms with E-state index in [2.05, 4.69) is 27.7 Å². The molecule has 4 atom stereocenters. The van der Waals surface area contributed by atoms with Gasteiger partial charge in [0.05, 0.1) is 16.1 Å². The van der Waals surface area contributed by atoms with Gasteiger partial charge in [0.1, 0.15) is 18.2 Å². The Morgan fingerprint density at radius 1 is 1.24 bits per heavy atom. The van der Waals surface area contributed by atoms with Crippen molar-refractivity contribution in [2.24, 2.45) is 23.5 Å². The maximum atomic E-state index is 14.8. The molecule has 0 radical (unpaired) electrons. The topological polar surface area (TPSA) is 93.4 Å². The number of nitrogens with two attached hydrogens (primary N) is 1. The highest BCUT2D eigenvalue weighted by Gasteiger charge is 2.47. The molecule has 7 nitrogen and oxygen atoms in total. The SMILES string of the molecule is Cc1csc2c(NC3C4C=CC(C4)C3C(N)=O)nc(Cc3ccc(OCCN4CCCC4)c(F)c3)nc12. The van der Waals surface area contributed by atoms with E-state index in [1.54, 1.807) is 17.4 Å². The summed E-state index contributed by atoms with van der Waals surface area (Å²) in [5.41, 5.74) is 8.50. The molecule has 1 amide bonds. The number of carbonyl (C=O) groups is 1. The van der Waals surface area contributed by atoms with Gasteiger partial charge in [-0.15, -0.1) is 11.3 Å². The zero-order chi connectivity index (χ0) is 25.5. The Labute approximate surface area is 219 Å². The molecule has 1 aliphatic heterocycles. The van der Waals surface area contributed by atoms with Gasteiger partial charge in [-0.25, -0.2) is 14.4 Å². The number of rotatable bonds is 9. The van der Waals surface area contributed by atoms with E-state index in [1.807, 2.05) is 13.0 Å². The number of amides is 1. The van der Waals surface area contributed by atoms with Crippen LogP contribution in [0.3, 0.4) is 0 Å². The van der Waals surface area contributed by atoms with Crippen LogP contribution < -0.4 is 15.8 Å². The lowest BCUT2D eigenvalue weighted by molar-refractivity contribution is -0.122. The number of benzene rings is 1. The molecule has 2 bridgehead atoms. The first kappa shape index (κ1) is 24.3. The van der Waals surface area contributed by atoms with Gasteiger partial charge in [0.2, 0.25) is 5.91 Å². The third-order valence-corrected chi connectivity index (χ3v) is 9.05. The number of nitrogens with one attached hydrogen (secondary N) is 1. The van der Waals surface area contributed by atoms with Gasteiger partial charge < -0.3 is 15.8 Å². The lowest BCUT2D eigenvalue weighted by Gasteiger charge is -2.27. The molecule has 194 valence electrons. The highest BCUT2D eigenvalue weighted by Crippen LogP contribution is 2.45. The first-order valence-electron chi connectivity index (χ1n) is 13.1. The number of aryl methyl sites for hydroxylation is 1. The van der Waals surface area contributed by atoms with Crippen LogP contribution in [0.5, 0.6) is 5.75 Å². The van der Waals surface area contributed by atoms with Crippen LogP contribution in [0.4, 0.5) is 10.2 Å². The number of primary amides is 1. The molecule has 6 rings (SSSR count). The maximum Gasteiger partial charge on any atom is 0.223 e. The van der Waals surface area contributed by atoms with Crippen LogP contribution in [-0.4, -0.2) is 53.1 Å². The Kier molecular flexibility index (Phi) is 6.58. The van der Waals surface area contributed by atoms with Crippen LogP contribution in [-0.2, 0) is 11.2 Å². The minimum Gasteiger partial charge on any atom is -0.489 e. The number of aromatic nitrogens is 2. The second-order valence-electron chi connectivity index (χ2n) is 10.5. The van der Waals surface area contributed by atoms with E-state index < -0.39 is 0 Å². The molecule has 3 heterocycles. The van der Waals surface area contributed by atoms with Gasteiger partial charge in [0, 0.05) is 19.0 Å². The lowest BCUT2D eigenvalue weighted by Crippen LogP contribution is -2.41. The van der Waals surface area contributed by atoms with Gasteiger partial charge in [-0.3, -0.25) is 9.69 Å². The summed E-state index contributed by atoms with van der Waals surface area (Å²) < 4.78 is 21.5. The summed E-state index contributed by atoms with van der Waals surface area (Å²) >= 11 is 1.59. The number of thiophene rings is 1. The summed E-state index contributed by atoms with van der Waals surface area (Å²) in [4.78, 5) is 24.2. The first-order valence-corrected chi connectivity index (χ1v) is 14.0. The van der Waals surface area contributed by atoms with Crippen molar-refractivity contribution in [3.05, 3.63) is 58.5 Å². The molecule has 9 heteroatoms. The van der Waals surface area contributed by atoms with E-state index in [1.165, 1.54) is 18.9 Å². The van der Waals surface area contributed by atoms with Crippen molar-refractivity contribution in [2.75, 3.05) is 31.6 Å². The Morgan fingerprint density at radius 3 is 2.84 bits per heavy atom. The number of nitrogens with zero attached hydrogens (tertiary/aromatic N) is 3. The van der Waals surface area contributed by atoms with E-state index in [-0.39, 0.29) is 41.3 Å². The molecule has 4 unspecified atom stereocenters. The maximum absolute atomic E-state index is 14.8. The van der Waals surface area contributed by atoms with Crippen molar-refractivity contribution in [1.82, 2.24) is 14.9 Å².